The largest absolute Gasteiger partial charge is 0.366 e. The zero-order chi connectivity index (χ0) is 14.4. The van der Waals surface area contributed by atoms with Gasteiger partial charge in [0.1, 0.15) is 11.9 Å². The van der Waals surface area contributed by atoms with Crippen LogP contribution < -0.4 is 5.32 Å². The first kappa shape index (κ1) is 14.8. The molecule has 2 heterocycles. The summed E-state index contributed by atoms with van der Waals surface area (Å²) in [5, 5.41) is 12.4. The Labute approximate surface area is 121 Å². The summed E-state index contributed by atoms with van der Waals surface area (Å²) in [6.07, 6.45) is 2.78. The van der Waals surface area contributed by atoms with Crippen molar-refractivity contribution in [3.8, 4) is 6.07 Å². The van der Waals surface area contributed by atoms with Gasteiger partial charge in [-0.25, -0.2) is 4.98 Å². The van der Waals surface area contributed by atoms with Gasteiger partial charge in [-0.05, 0) is 32.5 Å². The van der Waals surface area contributed by atoms with Gasteiger partial charge in [0.25, 0.3) is 0 Å². The van der Waals surface area contributed by atoms with E-state index in [2.05, 4.69) is 40.1 Å². The maximum absolute atomic E-state index is 9.05. The molecule has 0 aromatic carbocycles. The summed E-state index contributed by atoms with van der Waals surface area (Å²) >= 11 is 0. The van der Waals surface area contributed by atoms with E-state index in [1.165, 1.54) is 0 Å². The fourth-order valence-electron chi connectivity index (χ4n) is 2.36. The molecular weight excluding hydrogens is 250 g/mol. The molecule has 0 bridgehead atoms. The van der Waals surface area contributed by atoms with Crippen molar-refractivity contribution < 1.29 is 0 Å². The van der Waals surface area contributed by atoms with Crippen molar-refractivity contribution in [1.82, 2.24) is 14.8 Å². The van der Waals surface area contributed by atoms with Gasteiger partial charge in [0, 0.05) is 45.0 Å². The minimum absolute atomic E-state index is 0.316. The summed E-state index contributed by atoms with van der Waals surface area (Å²) in [6, 6.07) is 6.07. The Kier molecular flexibility index (Phi) is 5.33. The van der Waals surface area contributed by atoms with E-state index in [0.717, 1.165) is 39.1 Å². The molecule has 0 saturated carbocycles. The maximum atomic E-state index is 9.05. The molecule has 2 rings (SSSR count). The van der Waals surface area contributed by atoms with Crippen molar-refractivity contribution in [3.05, 3.63) is 23.9 Å². The van der Waals surface area contributed by atoms with Crippen LogP contribution >= 0.6 is 0 Å². The van der Waals surface area contributed by atoms with Crippen LogP contribution in [0.2, 0.25) is 0 Å². The normalized spacial score (nSPS) is 18.4. The standard InChI is InChI=1S/C15H23N5/c1-13(5-7-20-10-8-19(2)9-11-20)18-15-14(12-16)4-3-6-17-15/h3-4,6,13H,5,7-11H2,1-2H3,(H,17,18). The SMILES string of the molecule is CC(CCN1CCN(C)CC1)Nc1ncccc1C#N. The Bertz CT molecular complexity index is 460. The summed E-state index contributed by atoms with van der Waals surface area (Å²) in [5.74, 6) is 0.695. The third kappa shape index (κ3) is 4.19. The number of rotatable bonds is 5. The summed E-state index contributed by atoms with van der Waals surface area (Å²) in [7, 11) is 2.17. The molecule has 1 aromatic rings. The van der Waals surface area contributed by atoms with E-state index in [4.69, 9.17) is 5.26 Å². The first-order valence-electron chi connectivity index (χ1n) is 7.21. The van der Waals surface area contributed by atoms with E-state index in [1.54, 1.807) is 18.3 Å². The zero-order valence-corrected chi connectivity index (χ0v) is 12.3. The summed E-state index contributed by atoms with van der Waals surface area (Å²) in [5.41, 5.74) is 0.610. The quantitative estimate of drug-likeness (QED) is 0.878. The predicted octanol–water partition coefficient (Wildman–Crippen LogP) is 1.39. The van der Waals surface area contributed by atoms with Crippen LogP contribution in [-0.4, -0.2) is 60.6 Å². The third-order valence-corrected chi connectivity index (χ3v) is 3.79. The summed E-state index contributed by atoms with van der Waals surface area (Å²) in [6.45, 7) is 7.84. The van der Waals surface area contributed by atoms with Gasteiger partial charge in [0.2, 0.25) is 0 Å². The second-order valence-electron chi connectivity index (χ2n) is 5.49. The number of hydrogen-bond acceptors (Lipinski definition) is 5. The number of aromatic nitrogens is 1. The van der Waals surface area contributed by atoms with Gasteiger partial charge in [0.15, 0.2) is 0 Å². The number of anilines is 1. The molecule has 0 aliphatic carbocycles. The highest BCUT2D eigenvalue weighted by molar-refractivity contribution is 5.51. The number of likely N-dealkylation sites (N-methyl/N-ethyl adjacent to an activating group) is 1. The van der Waals surface area contributed by atoms with E-state index in [9.17, 15) is 0 Å². The maximum Gasteiger partial charge on any atom is 0.144 e. The Morgan fingerprint density at radius 1 is 1.40 bits per heavy atom. The van der Waals surface area contributed by atoms with Gasteiger partial charge in [-0.2, -0.15) is 5.26 Å². The Hall–Kier alpha value is -1.64. The molecule has 108 valence electrons. The second-order valence-corrected chi connectivity index (χ2v) is 5.49. The molecule has 5 heteroatoms. The van der Waals surface area contributed by atoms with Crippen LogP contribution in [0, 0.1) is 11.3 Å². The smallest absolute Gasteiger partial charge is 0.144 e. The van der Waals surface area contributed by atoms with Gasteiger partial charge in [-0.3, -0.25) is 0 Å². The number of hydrogen-bond donors (Lipinski definition) is 1. The molecule has 1 unspecified atom stereocenters. The molecule has 20 heavy (non-hydrogen) atoms. The number of nitriles is 1. The lowest BCUT2D eigenvalue weighted by Crippen LogP contribution is -2.45. The van der Waals surface area contributed by atoms with Crippen LogP contribution in [0.3, 0.4) is 0 Å². The minimum Gasteiger partial charge on any atom is -0.366 e. The average molecular weight is 273 g/mol. The molecule has 1 aromatic heterocycles. The summed E-state index contributed by atoms with van der Waals surface area (Å²) in [4.78, 5) is 9.11. The first-order chi connectivity index (χ1) is 9.69. The molecule has 1 aliphatic heterocycles. The Morgan fingerprint density at radius 2 is 2.15 bits per heavy atom. The lowest BCUT2D eigenvalue weighted by atomic mass is 10.2. The fourth-order valence-corrected chi connectivity index (χ4v) is 2.36. The third-order valence-electron chi connectivity index (χ3n) is 3.79. The molecule has 0 spiro atoms. The van der Waals surface area contributed by atoms with Crippen LogP contribution in [-0.2, 0) is 0 Å². The number of nitrogens with one attached hydrogen (secondary N) is 1. The monoisotopic (exact) mass is 273 g/mol. The molecule has 1 fully saturated rings. The van der Waals surface area contributed by atoms with Crippen molar-refractivity contribution in [2.24, 2.45) is 0 Å². The lowest BCUT2D eigenvalue weighted by molar-refractivity contribution is 0.151. The van der Waals surface area contributed by atoms with Gasteiger partial charge in [0.05, 0.1) is 5.56 Å². The molecule has 5 nitrogen and oxygen atoms in total. The van der Waals surface area contributed by atoms with Crippen LogP contribution in [0.15, 0.2) is 18.3 Å². The zero-order valence-electron chi connectivity index (χ0n) is 12.3. The minimum atomic E-state index is 0.316. The van der Waals surface area contributed by atoms with Crippen molar-refractivity contribution in [2.75, 3.05) is 45.1 Å². The molecule has 1 aliphatic rings. The highest BCUT2D eigenvalue weighted by atomic mass is 15.2. The lowest BCUT2D eigenvalue weighted by Gasteiger charge is -2.33. The van der Waals surface area contributed by atoms with E-state index in [0.29, 0.717) is 17.4 Å². The molecule has 1 atom stereocenters. The molecule has 0 radical (unpaired) electrons. The summed E-state index contributed by atoms with van der Waals surface area (Å²) < 4.78 is 0. The Balaban J connectivity index is 1.78. The number of pyridine rings is 1. The topological polar surface area (TPSA) is 55.2 Å². The predicted molar refractivity (Wildman–Crippen MR) is 80.6 cm³/mol. The van der Waals surface area contributed by atoms with Gasteiger partial charge in [-0.15, -0.1) is 0 Å². The average Bonchev–Trinajstić information content (AvgIpc) is 2.47. The first-order valence-corrected chi connectivity index (χ1v) is 7.21. The van der Waals surface area contributed by atoms with Crippen molar-refractivity contribution in [1.29, 1.82) is 5.26 Å². The molecular formula is C15H23N5. The van der Waals surface area contributed by atoms with Gasteiger partial charge < -0.3 is 15.1 Å². The van der Waals surface area contributed by atoms with E-state index in [-0.39, 0.29) is 0 Å². The number of piperazine rings is 1. The van der Waals surface area contributed by atoms with E-state index < -0.39 is 0 Å². The second kappa shape index (κ2) is 7.22. The highest BCUT2D eigenvalue weighted by Crippen LogP contribution is 2.12. The molecule has 0 amide bonds. The molecule has 1 N–H and O–H groups in total. The van der Waals surface area contributed by atoms with Crippen LogP contribution in [0.5, 0.6) is 0 Å². The van der Waals surface area contributed by atoms with Crippen molar-refractivity contribution in [3.63, 3.8) is 0 Å². The van der Waals surface area contributed by atoms with E-state index in [1.807, 2.05) is 0 Å². The molecule has 1 saturated heterocycles. The number of nitrogens with zero attached hydrogens (tertiary/aromatic N) is 4. The fraction of sp³-hybridized carbons (Fsp3) is 0.600. The van der Waals surface area contributed by atoms with Gasteiger partial charge >= 0.3 is 0 Å². The highest BCUT2D eigenvalue weighted by Gasteiger charge is 2.14. The van der Waals surface area contributed by atoms with Crippen LogP contribution in [0.25, 0.3) is 0 Å². The Morgan fingerprint density at radius 3 is 2.85 bits per heavy atom. The van der Waals surface area contributed by atoms with Crippen molar-refractivity contribution >= 4 is 5.82 Å². The van der Waals surface area contributed by atoms with Crippen LogP contribution in [0.1, 0.15) is 18.9 Å². The van der Waals surface area contributed by atoms with Gasteiger partial charge in [-0.1, -0.05) is 0 Å². The van der Waals surface area contributed by atoms with Crippen LogP contribution in [0.4, 0.5) is 5.82 Å². The van der Waals surface area contributed by atoms with Crippen molar-refractivity contribution in [2.45, 2.75) is 19.4 Å². The van der Waals surface area contributed by atoms with E-state index >= 15 is 0 Å².